The van der Waals surface area contributed by atoms with E-state index in [2.05, 4.69) is 26.7 Å². The van der Waals surface area contributed by atoms with Gasteiger partial charge in [-0.2, -0.15) is 5.26 Å². The van der Waals surface area contributed by atoms with Crippen LogP contribution in [0.3, 0.4) is 0 Å². The topological polar surface area (TPSA) is 73.6 Å². The summed E-state index contributed by atoms with van der Waals surface area (Å²) in [6, 6.07) is 2.14. The van der Waals surface area contributed by atoms with Gasteiger partial charge < -0.3 is 10.6 Å². The van der Waals surface area contributed by atoms with E-state index in [-0.39, 0.29) is 6.17 Å². The second kappa shape index (κ2) is 6.18. The lowest BCUT2D eigenvalue weighted by atomic mass is 10.3. The largest absolute Gasteiger partial charge is 0.341 e. The molecule has 5 nitrogen and oxygen atoms in total. The van der Waals surface area contributed by atoms with Crippen LogP contribution in [0.1, 0.15) is 12.8 Å². The first-order valence-corrected chi connectivity index (χ1v) is 6.83. The molecular weight excluding hydrogens is 254 g/mol. The van der Waals surface area contributed by atoms with Crippen LogP contribution >= 0.6 is 22.7 Å². The zero-order chi connectivity index (χ0) is 11.9. The van der Waals surface area contributed by atoms with E-state index in [1.165, 1.54) is 22.7 Å². The van der Waals surface area contributed by atoms with Gasteiger partial charge in [-0.25, -0.2) is 9.97 Å². The summed E-state index contributed by atoms with van der Waals surface area (Å²) in [4.78, 5) is 8.32. The van der Waals surface area contributed by atoms with Crippen molar-refractivity contribution >= 4 is 32.9 Å². The number of aromatic nitrogens is 2. The van der Waals surface area contributed by atoms with Crippen LogP contribution in [0, 0.1) is 11.3 Å². The van der Waals surface area contributed by atoms with Crippen LogP contribution < -0.4 is 10.6 Å². The number of nitriles is 1. The Hall–Kier alpha value is -1.65. The number of hydrogen-bond donors (Lipinski definition) is 2. The SMILES string of the molecule is N#CCCC(Nc1nccs1)Nc1nccs1. The molecule has 0 aliphatic heterocycles. The van der Waals surface area contributed by atoms with E-state index in [1.54, 1.807) is 12.4 Å². The number of thiazole rings is 2. The van der Waals surface area contributed by atoms with Crippen molar-refractivity contribution in [2.75, 3.05) is 10.6 Å². The van der Waals surface area contributed by atoms with E-state index >= 15 is 0 Å². The van der Waals surface area contributed by atoms with E-state index in [1.807, 2.05) is 10.8 Å². The highest BCUT2D eigenvalue weighted by molar-refractivity contribution is 7.14. The van der Waals surface area contributed by atoms with Gasteiger partial charge in [-0.15, -0.1) is 22.7 Å². The van der Waals surface area contributed by atoms with Crippen LogP contribution in [0.25, 0.3) is 0 Å². The highest BCUT2D eigenvalue weighted by Gasteiger charge is 2.10. The highest BCUT2D eigenvalue weighted by Crippen LogP contribution is 2.17. The van der Waals surface area contributed by atoms with Gasteiger partial charge in [0.25, 0.3) is 0 Å². The van der Waals surface area contributed by atoms with Gasteiger partial charge in [-0.05, 0) is 6.42 Å². The molecule has 0 radical (unpaired) electrons. The Morgan fingerprint density at radius 1 is 1.18 bits per heavy atom. The second-order valence-corrected chi connectivity index (χ2v) is 5.00. The molecule has 2 N–H and O–H groups in total. The van der Waals surface area contributed by atoms with E-state index in [0.29, 0.717) is 12.8 Å². The third kappa shape index (κ3) is 3.69. The van der Waals surface area contributed by atoms with Gasteiger partial charge in [0.05, 0.1) is 6.07 Å². The number of nitrogens with zero attached hydrogens (tertiary/aromatic N) is 3. The average Bonchev–Trinajstić information content (AvgIpc) is 2.99. The molecule has 0 unspecified atom stereocenters. The van der Waals surface area contributed by atoms with Crippen LogP contribution in [0.4, 0.5) is 10.3 Å². The first kappa shape index (κ1) is 11.8. The molecule has 2 heterocycles. The first-order valence-electron chi connectivity index (χ1n) is 5.07. The first-order chi connectivity index (χ1) is 8.38. The quantitative estimate of drug-likeness (QED) is 0.786. The van der Waals surface area contributed by atoms with Gasteiger partial charge in [0.2, 0.25) is 0 Å². The highest BCUT2D eigenvalue weighted by atomic mass is 32.1. The molecular formula is C10H11N5S2. The summed E-state index contributed by atoms with van der Waals surface area (Å²) in [5.74, 6) is 0. The van der Waals surface area contributed by atoms with Crippen LogP contribution in [0.5, 0.6) is 0 Å². The van der Waals surface area contributed by atoms with Gasteiger partial charge in [-0.3, -0.25) is 0 Å². The number of anilines is 2. The van der Waals surface area contributed by atoms with Gasteiger partial charge in [-0.1, -0.05) is 0 Å². The van der Waals surface area contributed by atoms with Crippen LogP contribution in [-0.4, -0.2) is 16.1 Å². The summed E-state index contributed by atoms with van der Waals surface area (Å²) in [5, 5.41) is 20.6. The van der Waals surface area contributed by atoms with Crippen molar-refractivity contribution in [1.29, 1.82) is 5.26 Å². The lowest BCUT2D eigenvalue weighted by Crippen LogP contribution is -2.28. The van der Waals surface area contributed by atoms with Crippen molar-refractivity contribution in [3.8, 4) is 6.07 Å². The van der Waals surface area contributed by atoms with Crippen molar-refractivity contribution < 1.29 is 0 Å². The molecule has 0 saturated carbocycles. The summed E-state index contributed by atoms with van der Waals surface area (Å²) < 4.78 is 0. The molecule has 0 saturated heterocycles. The predicted octanol–water partition coefficient (Wildman–Crippen LogP) is 2.75. The minimum absolute atomic E-state index is 0.0213. The molecule has 0 atom stereocenters. The lowest BCUT2D eigenvalue weighted by molar-refractivity contribution is 0.734. The minimum atomic E-state index is -0.0213. The molecule has 7 heteroatoms. The molecule has 0 bridgehead atoms. The zero-order valence-corrected chi connectivity index (χ0v) is 10.6. The van der Waals surface area contributed by atoms with Crippen molar-refractivity contribution in [2.45, 2.75) is 19.0 Å². The fourth-order valence-corrected chi connectivity index (χ4v) is 2.44. The maximum atomic E-state index is 8.64. The minimum Gasteiger partial charge on any atom is -0.341 e. The van der Waals surface area contributed by atoms with Gasteiger partial charge in [0, 0.05) is 29.6 Å². The molecule has 0 aromatic carbocycles. The molecule has 2 aromatic rings. The summed E-state index contributed by atoms with van der Waals surface area (Å²) in [5.41, 5.74) is 0. The number of nitrogens with one attached hydrogen (secondary N) is 2. The predicted molar refractivity (Wildman–Crippen MR) is 70.1 cm³/mol. The van der Waals surface area contributed by atoms with Crippen molar-refractivity contribution in [1.82, 2.24) is 9.97 Å². The van der Waals surface area contributed by atoms with Crippen LogP contribution in [0.15, 0.2) is 23.2 Å². The van der Waals surface area contributed by atoms with Crippen molar-refractivity contribution in [2.24, 2.45) is 0 Å². The van der Waals surface area contributed by atoms with Crippen molar-refractivity contribution in [3.63, 3.8) is 0 Å². The van der Waals surface area contributed by atoms with Gasteiger partial charge >= 0.3 is 0 Å². The van der Waals surface area contributed by atoms with Crippen LogP contribution in [0.2, 0.25) is 0 Å². The van der Waals surface area contributed by atoms with Gasteiger partial charge in [0.1, 0.15) is 6.17 Å². The fraction of sp³-hybridized carbons (Fsp3) is 0.300. The monoisotopic (exact) mass is 265 g/mol. The Balaban J connectivity index is 1.95. The summed E-state index contributed by atoms with van der Waals surface area (Å²) in [6.07, 6.45) is 4.67. The lowest BCUT2D eigenvalue weighted by Gasteiger charge is -2.17. The Labute approximate surface area is 107 Å². The molecule has 0 spiro atoms. The van der Waals surface area contributed by atoms with Gasteiger partial charge in [0.15, 0.2) is 10.3 Å². The smallest absolute Gasteiger partial charge is 0.184 e. The molecule has 17 heavy (non-hydrogen) atoms. The second-order valence-electron chi connectivity index (χ2n) is 3.21. The van der Waals surface area contributed by atoms with E-state index in [0.717, 1.165) is 10.3 Å². The fourth-order valence-electron chi connectivity index (χ4n) is 1.28. The summed E-state index contributed by atoms with van der Waals surface area (Å²) >= 11 is 3.07. The Kier molecular flexibility index (Phi) is 4.30. The normalized spacial score (nSPS) is 10.1. The van der Waals surface area contributed by atoms with E-state index < -0.39 is 0 Å². The number of hydrogen-bond acceptors (Lipinski definition) is 7. The molecule has 0 amide bonds. The number of rotatable bonds is 6. The van der Waals surface area contributed by atoms with Crippen molar-refractivity contribution in [3.05, 3.63) is 23.2 Å². The Bertz CT molecular complexity index is 423. The van der Waals surface area contributed by atoms with Crippen LogP contribution in [-0.2, 0) is 0 Å². The Morgan fingerprint density at radius 3 is 2.18 bits per heavy atom. The van der Waals surface area contributed by atoms with E-state index in [4.69, 9.17) is 5.26 Å². The summed E-state index contributed by atoms with van der Waals surface area (Å²) in [6.45, 7) is 0. The molecule has 0 aliphatic rings. The molecule has 88 valence electrons. The summed E-state index contributed by atoms with van der Waals surface area (Å²) in [7, 11) is 0. The Morgan fingerprint density at radius 2 is 1.76 bits per heavy atom. The average molecular weight is 265 g/mol. The third-order valence-electron chi connectivity index (χ3n) is 2.00. The molecule has 2 aromatic heterocycles. The van der Waals surface area contributed by atoms with E-state index in [9.17, 15) is 0 Å². The molecule has 0 aliphatic carbocycles. The standard InChI is InChI=1S/C10H11N5S2/c11-3-1-2-8(14-9-12-4-6-16-9)15-10-13-5-7-17-10/h4-8H,1-2H2,(H,12,14)(H,13,15). The maximum absolute atomic E-state index is 8.64. The molecule has 2 rings (SSSR count). The maximum Gasteiger partial charge on any atom is 0.184 e. The third-order valence-corrected chi connectivity index (χ3v) is 3.41. The molecule has 0 fully saturated rings. The zero-order valence-electron chi connectivity index (χ0n) is 8.96.